The minimum atomic E-state index is -1.73. The van der Waals surface area contributed by atoms with E-state index in [2.05, 4.69) is 0 Å². The number of carbonyl (C=O) groups excluding carboxylic acids is 2. The van der Waals surface area contributed by atoms with Gasteiger partial charge in [0.05, 0.1) is 0 Å². The summed E-state index contributed by atoms with van der Waals surface area (Å²) >= 11 is 0. The van der Waals surface area contributed by atoms with Crippen LogP contribution in [-0.2, 0) is 14.3 Å². The Kier molecular flexibility index (Phi) is 3.79. The van der Waals surface area contributed by atoms with Crippen LogP contribution in [0, 0.1) is 0 Å². The van der Waals surface area contributed by atoms with Gasteiger partial charge in [0.2, 0.25) is 0 Å². The fourth-order valence-corrected chi connectivity index (χ4v) is 1.38. The van der Waals surface area contributed by atoms with E-state index in [1.807, 2.05) is 0 Å². The molecule has 0 bridgehead atoms. The number of esters is 1. The first kappa shape index (κ1) is 12.4. The highest BCUT2D eigenvalue weighted by Gasteiger charge is 2.35. The van der Waals surface area contributed by atoms with Gasteiger partial charge in [-0.25, -0.2) is 0 Å². The molecule has 0 unspecified atom stereocenters. The number of rotatable bonds is 4. The summed E-state index contributed by atoms with van der Waals surface area (Å²) in [7, 11) is 0. The van der Waals surface area contributed by atoms with Gasteiger partial charge in [-0.2, -0.15) is 0 Å². The molecular formula is C12H14O4. The summed E-state index contributed by atoms with van der Waals surface area (Å²) in [4.78, 5) is 21.7. The largest absolute Gasteiger partial charge is 0.454 e. The first-order valence-electron chi connectivity index (χ1n) is 4.88. The monoisotopic (exact) mass is 222 g/mol. The molecule has 16 heavy (non-hydrogen) atoms. The van der Waals surface area contributed by atoms with Crippen LogP contribution < -0.4 is 0 Å². The summed E-state index contributed by atoms with van der Waals surface area (Å²) in [6, 6.07) is 8.65. The fourth-order valence-electron chi connectivity index (χ4n) is 1.38. The Bertz CT molecular complexity index is 370. The molecule has 0 aliphatic heterocycles. The minimum Gasteiger partial charge on any atom is -0.454 e. The van der Waals surface area contributed by atoms with Crippen LogP contribution in [0.15, 0.2) is 30.3 Å². The van der Waals surface area contributed by atoms with Crippen molar-refractivity contribution >= 4 is 12.3 Å². The molecule has 0 radical (unpaired) electrons. The van der Waals surface area contributed by atoms with Crippen LogP contribution in [0.25, 0.3) is 0 Å². The highest BCUT2D eigenvalue weighted by atomic mass is 16.6. The number of aldehydes is 1. The second-order valence-electron chi connectivity index (χ2n) is 3.74. The maximum Gasteiger partial charge on any atom is 0.303 e. The molecule has 2 atom stereocenters. The van der Waals surface area contributed by atoms with E-state index in [1.165, 1.54) is 13.8 Å². The zero-order chi connectivity index (χ0) is 12.2. The van der Waals surface area contributed by atoms with Crippen LogP contribution in [0.5, 0.6) is 0 Å². The molecule has 0 aromatic heterocycles. The number of hydrogen-bond acceptors (Lipinski definition) is 4. The van der Waals surface area contributed by atoms with E-state index in [1.54, 1.807) is 30.3 Å². The zero-order valence-electron chi connectivity index (χ0n) is 9.21. The Morgan fingerprint density at radius 3 is 2.44 bits per heavy atom. The van der Waals surface area contributed by atoms with Crippen molar-refractivity contribution in [1.29, 1.82) is 0 Å². The first-order valence-corrected chi connectivity index (χ1v) is 4.88. The van der Waals surface area contributed by atoms with E-state index in [0.29, 0.717) is 11.8 Å². The molecular weight excluding hydrogens is 208 g/mol. The summed E-state index contributed by atoms with van der Waals surface area (Å²) < 4.78 is 4.97. The van der Waals surface area contributed by atoms with Gasteiger partial charge in [0, 0.05) is 6.92 Å². The van der Waals surface area contributed by atoms with E-state index in [-0.39, 0.29) is 0 Å². The molecule has 0 saturated heterocycles. The second kappa shape index (κ2) is 4.90. The Morgan fingerprint density at radius 1 is 1.44 bits per heavy atom. The fraction of sp³-hybridized carbons (Fsp3) is 0.333. The molecule has 4 heteroatoms. The first-order chi connectivity index (χ1) is 7.47. The average molecular weight is 222 g/mol. The van der Waals surface area contributed by atoms with Crippen molar-refractivity contribution in [3.8, 4) is 0 Å². The Balaban J connectivity index is 3.06. The van der Waals surface area contributed by atoms with Gasteiger partial charge in [0.25, 0.3) is 0 Å². The van der Waals surface area contributed by atoms with Crippen molar-refractivity contribution in [1.82, 2.24) is 0 Å². The Morgan fingerprint density at radius 2 is 2.00 bits per heavy atom. The van der Waals surface area contributed by atoms with Gasteiger partial charge >= 0.3 is 5.97 Å². The predicted octanol–water partition coefficient (Wildman–Crippen LogP) is 1.24. The Labute approximate surface area is 93.9 Å². The topological polar surface area (TPSA) is 63.6 Å². The van der Waals surface area contributed by atoms with Crippen LogP contribution in [-0.4, -0.2) is 23.0 Å². The van der Waals surface area contributed by atoms with Crippen molar-refractivity contribution in [2.75, 3.05) is 0 Å². The predicted molar refractivity (Wildman–Crippen MR) is 57.6 cm³/mol. The lowest BCUT2D eigenvalue weighted by Gasteiger charge is -2.27. The molecule has 0 fully saturated rings. The van der Waals surface area contributed by atoms with Crippen molar-refractivity contribution in [2.24, 2.45) is 0 Å². The lowest BCUT2D eigenvalue weighted by atomic mass is 9.94. The van der Waals surface area contributed by atoms with Crippen molar-refractivity contribution in [3.63, 3.8) is 0 Å². The van der Waals surface area contributed by atoms with Crippen LogP contribution in [0.3, 0.4) is 0 Å². The molecule has 0 heterocycles. The van der Waals surface area contributed by atoms with E-state index >= 15 is 0 Å². The molecule has 0 aliphatic carbocycles. The average Bonchev–Trinajstić information content (AvgIpc) is 2.27. The summed E-state index contributed by atoms with van der Waals surface area (Å²) in [6.45, 7) is 2.54. The Hall–Kier alpha value is -1.68. The summed E-state index contributed by atoms with van der Waals surface area (Å²) in [5.41, 5.74) is -1.15. The van der Waals surface area contributed by atoms with Crippen molar-refractivity contribution in [3.05, 3.63) is 35.9 Å². The maximum atomic E-state index is 10.9. The highest BCUT2D eigenvalue weighted by molar-refractivity contribution is 5.69. The van der Waals surface area contributed by atoms with Crippen LogP contribution in [0.1, 0.15) is 25.5 Å². The third-order valence-electron chi connectivity index (χ3n) is 2.16. The van der Waals surface area contributed by atoms with Crippen molar-refractivity contribution < 1.29 is 19.4 Å². The van der Waals surface area contributed by atoms with Gasteiger partial charge in [-0.3, -0.25) is 9.59 Å². The van der Waals surface area contributed by atoms with Gasteiger partial charge < -0.3 is 9.84 Å². The van der Waals surface area contributed by atoms with Gasteiger partial charge in [-0.05, 0) is 12.5 Å². The number of benzene rings is 1. The maximum absolute atomic E-state index is 10.9. The molecule has 1 rings (SSSR count). The van der Waals surface area contributed by atoms with Crippen molar-refractivity contribution in [2.45, 2.75) is 25.6 Å². The van der Waals surface area contributed by atoms with E-state index < -0.39 is 17.7 Å². The van der Waals surface area contributed by atoms with E-state index in [0.717, 1.165) is 0 Å². The standard InChI is InChI=1S/C12H14O4/c1-9(14)16-11(12(2,15)8-13)10-6-4-3-5-7-10/h3-8,11,15H,1-2H3/t11-,12-/m1/s1. The zero-order valence-corrected chi connectivity index (χ0v) is 9.21. The normalized spacial score (nSPS) is 15.9. The molecule has 1 aromatic carbocycles. The lowest BCUT2D eigenvalue weighted by molar-refractivity contribution is -0.163. The molecule has 0 amide bonds. The number of ether oxygens (including phenoxy) is 1. The number of aliphatic hydroxyl groups is 1. The van der Waals surface area contributed by atoms with Gasteiger partial charge in [0.15, 0.2) is 18.0 Å². The third kappa shape index (κ3) is 2.90. The smallest absolute Gasteiger partial charge is 0.303 e. The van der Waals surface area contributed by atoms with Crippen LogP contribution in [0.2, 0.25) is 0 Å². The molecule has 1 N–H and O–H groups in total. The molecule has 0 saturated carbocycles. The highest BCUT2D eigenvalue weighted by Crippen LogP contribution is 2.28. The minimum absolute atomic E-state index is 0.369. The molecule has 1 aromatic rings. The van der Waals surface area contributed by atoms with Gasteiger partial charge in [-0.15, -0.1) is 0 Å². The third-order valence-corrected chi connectivity index (χ3v) is 2.16. The van der Waals surface area contributed by atoms with Crippen LogP contribution >= 0.6 is 0 Å². The van der Waals surface area contributed by atoms with E-state index in [9.17, 15) is 14.7 Å². The number of hydrogen-bond donors (Lipinski definition) is 1. The van der Waals surface area contributed by atoms with Gasteiger partial charge in [-0.1, -0.05) is 30.3 Å². The molecule has 0 spiro atoms. The summed E-state index contributed by atoms with van der Waals surface area (Å²) in [5.74, 6) is -0.545. The molecule has 0 aliphatic rings. The van der Waals surface area contributed by atoms with E-state index in [4.69, 9.17) is 4.74 Å². The number of carbonyl (C=O) groups is 2. The lowest BCUT2D eigenvalue weighted by Crippen LogP contribution is -2.37. The van der Waals surface area contributed by atoms with Gasteiger partial charge in [0.1, 0.15) is 0 Å². The SMILES string of the molecule is CC(=O)O[C@H](c1ccccc1)[C@](C)(O)C=O. The summed E-state index contributed by atoms with van der Waals surface area (Å²) in [6.07, 6.45) is -0.614. The summed E-state index contributed by atoms with van der Waals surface area (Å²) in [5, 5.41) is 9.84. The second-order valence-corrected chi connectivity index (χ2v) is 3.74. The molecule has 86 valence electrons. The molecule has 4 nitrogen and oxygen atoms in total. The van der Waals surface area contributed by atoms with Crippen LogP contribution in [0.4, 0.5) is 0 Å². The quantitative estimate of drug-likeness (QED) is 0.615.